The van der Waals surface area contributed by atoms with Crippen LogP contribution in [0.2, 0.25) is 10.0 Å². The SMILES string of the molecule is O=C(CCNc1c(C(=O)O)[nH]c2cc(Cl)c(Cl)cc12)c1ccccc1. The fourth-order valence-electron chi connectivity index (χ4n) is 2.60. The number of fused-ring (bicyclic) bond motifs is 1. The molecule has 0 amide bonds. The third-order valence-electron chi connectivity index (χ3n) is 3.80. The molecule has 1 heterocycles. The van der Waals surface area contributed by atoms with Crippen LogP contribution in [0.15, 0.2) is 42.5 Å². The van der Waals surface area contributed by atoms with Crippen molar-refractivity contribution in [1.82, 2.24) is 4.98 Å². The normalized spacial score (nSPS) is 10.8. The zero-order valence-corrected chi connectivity index (χ0v) is 14.5. The van der Waals surface area contributed by atoms with Crippen LogP contribution in [-0.2, 0) is 0 Å². The predicted molar refractivity (Wildman–Crippen MR) is 99.2 cm³/mol. The zero-order chi connectivity index (χ0) is 18.0. The minimum atomic E-state index is -1.11. The van der Waals surface area contributed by atoms with Crippen molar-refractivity contribution in [2.45, 2.75) is 6.42 Å². The number of halogens is 2. The summed E-state index contributed by atoms with van der Waals surface area (Å²) in [5.74, 6) is -1.13. The third kappa shape index (κ3) is 3.62. The summed E-state index contributed by atoms with van der Waals surface area (Å²) in [5, 5.41) is 13.7. The van der Waals surface area contributed by atoms with E-state index in [1.54, 1.807) is 36.4 Å². The standard InChI is InChI=1S/C18H14Cl2N2O3/c19-12-8-11-14(9-13(12)20)22-17(18(24)25)16(11)21-7-6-15(23)10-4-2-1-3-5-10/h1-5,8-9,21-22H,6-7H2,(H,24,25). The van der Waals surface area contributed by atoms with Crippen LogP contribution >= 0.6 is 23.2 Å². The molecular formula is C18H14Cl2N2O3. The highest BCUT2D eigenvalue weighted by atomic mass is 35.5. The highest BCUT2D eigenvalue weighted by Gasteiger charge is 2.18. The first kappa shape index (κ1) is 17.3. The lowest BCUT2D eigenvalue weighted by atomic mass is 10.1. The average molecular weight is 377 g/mol. The lowest BCUT2D eigenvalue weighted by Crippen LogP contribution is -2.11. The Morgan fingerprint density at radius 3 is 2.44 bits per heavy atom. The molecule has 3 rings (SSSR count). The van der Waals surface area contributed by atoms with Gasteiger partial charge in [0.15, 0.2) is 5.78 Å². The summed E-state index contributed by atoms with van der Waals surface area (Å²) >= 11 is 12.0. The second-order valence-electron chi connectivity index (χ2n) is 5.46. The van der Waals surface area contributed by atoms with Gasteiger partial charge in [-0.05, 0) is 12.1 Å². The first-order valence-electron chi connectivity index (χ1n) is 7.53. The Morgan fingerprint density at radius 1 is 1.08 bits per heavy atom. The van der Waals surface area contributed by atoms with Crippen molar-refractivity contribution in [3.8, 4) is 0 Å². The van der Waals surface area contributed by atoms with Crippen LogP contribution in [0.25, 0.3) is 10.9 Å². The number of aromatic amines is 1. The van der Waals surface area contributed by atoms with Crippen LogP contribution < -0.4 is 5.32 Å². The number of aromatic nitrogens is 1. The smallest absolute Gasteiger partial charge is 0.354 e. The molecule has 0 aliphatic carbocycles. The van der Waals surface area contributed by atoms with Crippen LogP contribution in [0.5, 0.6) is 0 Å². The van der Waals surface area contributed by atoms with E-state index in [9.17, 15) is 14.7 Å². The number of hydrogen-bond donors (Lipinski definition) is 3. The molecule has 0 aliphatic rings. The van der Waals surface area contributed by atoms with Gasteiger partial charge in [0.2, 0.25) is 0 Å². The van der Waals surface area contributed by atoms with Gasteiger partial charge in [0, 0.05) is 29.4 Å². The van der Waals surface area contributed by atoms with Crippen LogP contribution in [0.4, 0.5) is 5.69 Å². The van der Waals surface area contributed by atoms with Gasteiger partial charge in [-0.3, -0.25) is 4.79 Å². The Morgan fingerprint density at radius 2 is 1.76 bits per heavy atom. The Hall–Kier alpha value is -2.50. The van der Waals surface area contributed by atoms with Gasteiger partial charge in [0.05, 0.1) is 15.7 Å². The van der Waals surface area contributed by atoms with Crippen LogP contribution in [0, 0.1) is 0 Å². The van der Waals surface area contributed by atoms with E-state index in [1.807, 2.05) is 6.07 Å². The molecule has 7 heteroatoms. The van der Waals surface area contributed by atoms with E-state index in [-0.39, 0.29) is 17.9 Å². The van der Waals surface area contributed by atoms with Crippen molar-refractivity contribution in [2.24, 2.45) is 0 Å². The van der Waals surface area contributed by atoms with Crippen LogP contribution in [0.1, 0.15) is 27.3 Å². The van der Waals surface area contributed by atoms with Crippen molar-refractivity contribution >= 4 is 51.5 Å². The first-order valence-corrected chi connectivity index (χ1v) is 8.29. The molecule has 0 saturated heterocycles. The van der Waals surface area contributed by atoms with Gasteiger partial charge in [-0.25, -0.2) is 4.79 Å². The molecule has 0 spiro atoms. The number of carboxylic acids is 1. The topological polar surface area (TPSA) is 82.2 Å². The van der Waals surface area contributed by atoms with E-state index in [4.69, 9.17) is 23.2 Å². The molecule has 0 aliphatic heterocycles. The van der Waals surface area contributed by atoms with Gasteiger partial charge in [-0.2, -0.15) is 0 Å². The molecule has 25 heavy (non-hydrogen) atoms. The lowest BCUT2D eigenvalue weighted by molar-refractivity contribution is 0.0692. The van der Waals surface area contributed by atoms with Crippen molar-refractivity contribution in [2.75, 3.05) is 11.9 Å². The summed E-state index contributed by atoms with van der Waals surface area (Å²) in [5.41, 5.74) is 1.57. The number of Topliss-reactive ketones (excluding diaryl/α,β-unsaturated/α-hetero) is 1. The number of rotatable bonds is 6. The maximum atomic E-state index is 12.2. The summed E-state index contributed by atoms with van der Waals surface area (Å²) in [6, 6.07) is 12.1. The fourth-order valence-corrected chi connectivity index (χ4v) is 2.93. The maximum Gasteiger partial charge on any atom is 0.354 e. The van der Waals surface area contributed by atoms with Gasteiger partial charge in [-0.15, -0.1) is 0 Å². The summed E-state index contributed by atoms with van der Waals surface area (Å²) in [4.78, 5) is 26.4. The number of benzene rings is 2. The summed E-state index contributed by atoms with van der Waals surface area (Å²) < 4.78 is 0. The summed E-state index contributed by atoms with van der Waals surface area (Å²) in [7, 11) is 0. The predicted octanol–water partition coefficient (Wildman–Crippen LogP) is 4.86. The third-order valence-corrected chi connectivity index (χ3v) is 4.53. The summed E-state index contributed by atoms with van der Waals surface area (Å²) in [6.07, 6.45) is 0.233. The largest absolute Gasteiger partial charge is 0.477 e. The molecule has 2 aromatic carbocycles. The molecule has 3 aromatic rings. The minimum Gasteiger partial charge on any atom is -0.477 e. The monoisotopic (exact) mass is 376 g/mol. The van der Waals surface area contributed by atoms with E-state index >= 15 is 0 Å². The Balaban J connectivity index is 1.83. The van der Waals surface area contributed by atoms with Crippen molar-refractivity contribution in [1.29, 1.82) is 0 Å². The molecule has 0 saturated carbocycles. The highest BCUT2D eigenvalue weighted by Crippen LogP contribution is 2.34. The molecule has 5 nitrogen and oxygen atoms in total. The van der Waals surface area contributed by atoms with Crippen LogP contribution in [-0.4, -0.2) is 28.4 Å². The quantitative estimate of drug-likeness (QED) is 0.536. The first-order chi connectivity index (χ1) is 12.0. The van der Waals surface area contributed by atoms with E-state index in [0.29, 0.717) is 38.7 Å². The molecule has 0 bridgehead atoms. The van der Waals surface area contributed by atoms with Gasteiger partial charge < -0.3 is 15.4 Å². The zero-order valence-electron chi connectivity index (χ0n) is 13.0. The van der Waals surface area contributed by atoms with Crippen molar-refractivity contribution in [3.05, 3.63) is 63.8 Å². The van der Waals surface area contributed by atoms with Gasteiger partial charge in [0.25, 0.3) is 0 Å². The van der Waals surface area contributed by atoms with E-state index < -0.39 is 5.97 Å². The number of ketones is 1. The van der Waals surface area contributed by atoms with E-state index in [1.165, 1.54) is 0 Å². The molecule has 0 fully saturated rings. The van der Waals surface area contributed by atoms with E-state index in [0.717, 1.165) is 0 Å². The number of anilines is 1. The number of carbonyl (C=O) groups is 2. The number of hydrogen-bond acceptors (Lipinski definition) is 3. The second-order valence-corrected chi connectivity index (χ2v) is 6.27. The lowest BCUT2D eigenvalue weighted by Gasteiger charge is -2.07. The molecule has 0 unspecified atom stereocenters. The highest BCUT2D eigenvalue weighted by molar-refractivity contribution is 6.43. The molecular weight excluding hydrogens is 363 g/mol. The molecule has 0 radical (unpaired) electrons. The number of carbonyl (C=O) groups excluding carboxylic acids is 1. The van der Waals surface area contributed by atoms with Crippen molar-refractivity contribution < 1.29 is 14.7 Å². The number of carboxylic acid groups (broad SMARTS) is 1. The van der Waals surface area contributed by atoms with Crippen LogP contribution in [0.3, 0.4) is 0 Å². The number of H-pyrrole nitrogens is 1. The van der Waals surface area contributed by atoms with Crippen molar-refractivity contribution in [3.63, 3.8) is 0 Å². The average Bonchev–Trinajstić information content (AvgIpc) is 2.94. The van der Waals surface area contributed by atoms with Gasteiger partial charge in [-0.1, -0.05) is 53.5 Å². The number of nitrogens with one attached hydrogen (secondary N) is 2. The van der Waals surface area contributed by atoms with E-state index in [2.05, 4.69) is 10.3 Å². The maximum absolute atomic E-state index is 12.2. The molecule has 3 N–H and O–H groups in total. The molecule has 1 aromatic heterocycles. The Kier molecular flexibility index (Phi) is 4.97. The summed E-state index contributed by atoms with van der Waals surface area (Å²) in [6.45, 7) is 0.293. The molecule has 0 atom stereocenters. The van der Waals surface area contributed by atoms with Gasteiger partial charge >= 0.3 is 5.97 Å². The van der Waals surface area contributed by atoms with Gasteiger partial charge in [0.1, 0.15) is 5.69 Å². The second kappa shape index (κ2) is 7.17. The Bertz CT molecular complexity index is 952. The fraction of sp³-hybridized carbons (Fsp3) is 0.111. The minimum absolute atomic E-state index is 0.000457. The number of aromatic carboxylic acids is 1. The molecule has 128 valence electrons. The Labute approximate surface area is 153 Å².